The Balaban J connectivity index is 1.45. The molecule has 36 heavy (non-hydrogen) atoms. The van der Waals surface area contributed by atoms with E-state index < -0.39 is 0 Å². The average molecular weight is 475 g/mol. The lowest BCUT2D eigenvalue weighted by Gasteiger charge is -2.12. The molecule has 3 aromatic heterocycles. The molecule has 5 aromatic rings. The van der Waals surface area contributed by atoms with Gasteiger partial charge < -0.3 is 15.4 Å². The molecule has 2 aromatic carbocycles. The van der Waals surface area contributed by atoms with Crippen LogP contribution in [0.4, 0.5) is 17.1 Å². The number of hydrogen-bond acceptors (Lipinski definition) is 6. The van der Waals surface area contributed by atoms with Gasteiger partial charge in [0.1, 0.15) is 17.6 Å². The van der Waals surface area contributed by atoms with Crippen molar-refractivity contribution in [1.29, 1.82) is 5.26 Å². The number of ether oxygens (including phenoxy) is 1. The summed E-state index contributed by atoms with van der Waals surface area (Å²) >= 11 is 0. The minimum Gasteiger partial charge on any atom is -0.457 e. The van der Waals surface area contributed by atoms with Crippen LogP contribution in [0.1, 0.15) is 27.2 Å². The highest BCUT2D eigenvalue weighted by atomic mass is 16.5. The average Bonchev–Trinajstić information content (AvgIpc) is 3.21. The zero-order chi connectivity index (χ0) is 25.1. The monoisotopic (exact) mass is 474 g/mol. The van der Waals surface area contributed by atoms with E-state index in [2.05, 4.69) is 26.8 Å². The smallest absolute Gasteiger partial charge is 0.257 e. The van der Waals surface area contributed by atoms with Crippen molar-refractivity contribution in [3.05, 3.63) is 108 Å². The van der Waals surface area contributed by atoms with Crippen molar-refractivity contribution < 1.29 is 9.53 Å². The zero-order valence-electron chi connectivity index (χ0n) is 19.7. The van der Waals surface area contributed by atoms with E-state index in [4.69, 9.17) is 4.74 Å². The minimum atomic E-state index is -0.261. The van der Waals surface area contributed by atoms with Crippen molar-refractivity contribution in [2.45, 2.75) is 13.8 Å². The van der Waals surface area contributed by atoms with Gasteiger partial charge in [0.25, 0.3) is 5.91 Å². The van der Waals surface area contributed by atoms with E-state index in [0.29, 0.717) is 39.5 Å². The van der Waals surface area contributed by atoms with Crippen molar-refractivity contribution >= 4 is 28.5 Å². The van der Waals surface area contributed by atoms with Gasteiger partial charge in [-0.15, -0.1) is 0 Å². The number of aromatic nitrogens is 3. The maximum Gasteiger partial charge on any atom is 0.257 e. The summed E-state index contributed by atoms with van der Waals surface area (Å²) in [7, 11) is 0. The lowest BCUT2D eigenvalue weighted by Crippen LogP contribution is -2.14. The Morgan fingerprint density at radius 2 is 1.75 bits per heavy atom. The fraction of sp³-hybridized carbons (Fsp3) is 0.0714. The molecule has 3 heterocycles. The first-order valence-corrected chi connectivity index (χ1v) is 11.3. The highest BCUT2D eigenvalue weighted by molar-refractivity contribution is 6.06. The molecule has 0 atom stereocenters. The number of amides is 1. The molecule has 0 aliphatic heterocycles. The third-order valence-electron chi connectivity index (χ3n) is 5.78. The lowest BCUT2D eigenvalue weighted by atomic mass is 10.1. The summed E-state index contributed by atoms with van der Waals surface area (Å²) < 4.78 is 7.51. The number of benzene rings is 2. The topological polar surface area (TPSA) is 104 Å². The largest absolute Gasteiger partial charge is 0.457 e. The van der Waals surface area contributed by atoms with Gasteiger partial charge in [0.15, 0.2) is 0 Å². The van der Waals surface area contributed by atoms with Crippen LogP contribution in [-0.4, -0.2) is 20.5 Å². The maximum atomic E-state index is 12.9. The highest BCUT2D eigenvalue weighted by Gasteiger charge is 2.18. The molecule has 0 aliphatic carbocycles. The maximum absolute atomic E-state index is 12.9. The van der Waals surface area contributed by atoms with E-state index in [0.717, 1.165) is 17.0 Å². The number of para-hydroxylation sites is 1. The van der Waals surface area contributed by atoms with Gasteiger partial charge in [-0.2, -0.15) is 10.4 Å². The zero-order valence-corrected chi connectivity index (χ0v) is 19.7. The Labute approximate surface area is 207 Å². The number of fused-ring (bicyclic) bond motifs is 1. The number of nitrogens with zero attached hydrogens (tertiary/aromatic N) is 4. The predicted octanol–water partition coefficient (Wildman–Crippen LogP) is 6.01. The fourth-order valence-corrected chi connectivity index (χ4v) is 3.91. The lowest BCUT2D eigenvalue weighted by molar-refractivity contribution is 0.102. The minimum absolute atomic E-state index is 0.261. The summed E-state index contributed by atoms with van der Waals surface area (Å²) in [5.74, 6) is 1.19. The van der Waals surface area contributed by atoms with Crippen molar-refractivity contribution in [3.63, 3.8) is 0 Å². The van der Waals surface area contributed by atoms with Crippen LogP contribution in [0.3, 0.4) is 0 Å². The van der Waals surface area contributed by atoms with Gasteiger partial charge in [0.2, 0.25) is 0 Å². The second kappa shape index (κ2) is 9.60. The third kappa shape index (κ3) is 4.45. The van der Waals surface area contributed by atoms with Crippen molar-refractivity contribution in [3.8, 4) is 17.6 Å². The second-order valence-corrected chi connectivity index (χ2v) is 8.16. The second-order valence-electron chi connectivity index (χ2n) is 8.16. The molecule has 0 spiro atoms. The SMILES string of the molecule is Cc1ncccc1C(=O)Nc1cn2ncc(C#N)c(Nc3ccc(Oc4ccccc4)cc3)c2c1C. The molecule has 5 rings (SSSR count). The molecule has 0 fully saturated rings. The summed E-state index contributed by atoms with van der Waals surface area (Å²) in [5.41, 5.74) is 4.96. The normalized spacial score (nSPS) is 10.6. The van der Waals surface area contributed by atoms with Crippen LogP contribution < -0.4 is 15.4 Å². The Bertz CT molecular complexity index is 1600. The Hall–Kier alpha value is -5.16. The standard InChI is InChI=1S/C28H22N6O2/c1-18-25(33-28(35)24-9-6-14-30-19(24)2)17-34-27(18)26(20(15-29)16-31-34)32-21-10-12-23(13-11-21)36-22-7-4-3-5-8-22/h3-14,16-17,32H,1-2H3,(H,33,35). The molecular formula is C28H22N6O2. The van der Waals surface area contributed by atoms with E-state index in [1.54, 1.807) is 36.0 Å². The molecule has 0 saturated heterocycles. The molecule has 176 valence electrons. The Kier molecular flexibility index (Phi) is 6.03. The molecule has 8 nitrogen and oxygen atoms in total. The van der Waals surface area contributed by atoms with Crippen molar-refractivity contribution in [2.24, 2.45) is 0 Å². The van der Waals surface area contributed by atoms with Crippen LogP contribution in [0.25, 0.3) is 5.52 Å². The summed E-state index contributed by atoms with van der Waals surface area (Å²) in [6.45, 7) is 3.67. The molecular weight excluding hydrogens is 452 g/mol. The van der Waals surface area contributed by atoms with Gasteiger partial charge in [-0.1, -0.05) is 18.2 Å². The summed E-state index contributed by atoms with van der Waals surface area (Å²) in [5, 5.41) is 20.4. The van der Waals surface area contributed by atoms with E-state index in [9.17, 15) is 10.1 Å². The molecule has 1 amide bonds. The fourth-order valence-electron chi connectivity index (χ4n) is 3.91. The van der Waals surface area contributed by atoms with Gasteiger partial charge in [-0.25, -0.2) is 4.52 Å². The van der Waals surface area contributed by atoms with Crippen molar-refractivity contribution in [2.75, 3.05) is 10.6 Å². The number of carbonyl (C=O) groups excluding carboxylic acids is 1. The van der Waals surface area contributed by atoms with Crippen LogP contribution >= 0.6 is 0 Å². The number of pyridine rings is 1. The summed E-state index contributed by atoms with van der Waals surface area (Å²) in [6.07, 6.45) is 4.88. The number of rotatable bonds is 6. The van der Waals surface area contributed by atoms with Crippen LogP contribution in [0.15, 0.2) is 85.3 Å². The van der Waals surface area contributed by atoms with Crippen LogP contribution in [-0.2, 0) is 0 Å². The Morgan fingerprint density at radius 3 is 2.47 bits per heavy atom. The number of hydrogen-bond donors (Lipinski definition) is 2. The number of aryl methyl sites for hydroxylation is 2. The molecule has 0 saturated carbocycles. The molecule has 0 aliphatic rings. The van der Waals surface area contributed by atoms with Crippen molar-refractivity contribution in [1.82, 2.24) is 14.6 Å². The van der Waals surface area contributed by atoms with Crippen LogP contribution in [0.5, 0.6) is 11.5 Å². The summed E-state index contributed by atoms with van der Waals surface area (Å²) in [6, 6.07) is 22.7. The molecule has 8 heteroatoms. The third-order valence-corrected chi connectivity index (χ3v) is 5.78. The number of nitriles is 1. The van der Waals surface area contributed by atoms with Crippen LogP contribution in [0, 0.1) is 25.2 Å². The predicted molar refractivity (Wildman–Crippen MR) is 138 cm³/mol. The number of anilines is 3. The van der Waals surface area contributed by atoms with Crippen LogP contribution in [0.2, 0.25) is 0 Å². The molecule has 2 N–H and O–H groups in total. The first-order chi connectivity index (χ1) is 17.5. The number of carbonyl (C=O) groups is 1. The first kappa shape index (κ1) is 22.6. The highest BCUT2D eigenvalue weighted by Crippen LogP contribution is 2.33. The van der Waals surface area contributed by atoms with E-state index >= 15 is 0 Å². The quantitative estimate of drug-likeness (QED) is 0.312. The Morgan fingerprint density at radius 1 is 1.00 bits per heavy atom. The van der Waals surface area contributed by atoms with Gasteiger partial charge in [-0.05, 0) is 62.4 Å². The molecule has 0 bridgehead atoms. The molecule has 0 radical (unpaired) electrons. The van der Waals surface area contributed by atoms with E-state index in [1.165, 1.54) is 6.20 Å². The van der Waals surface area contributed by atoms with Gasteiger partial charge in [0.05, 0.1) is 40.4 Å². The van der Waals surface area contributed by atoms with E-state index in [1.807, 2.05) is 61.5 Å². The molecule has 0 unspecified atom stereocenters. The van der Waals surface area contributed by atoms with E-state index in [-0.39, 0.29) is 5.91 Å². The first-order valence-electron chi connectivity index (χ1n) is 11.3. The van der Waals surface area contributed by atoms with Gasteiger partial charge in [-0.3, -0.25) is 9.78 Å². The van der Waals surface area contributed by atoms with Gasteiger partial charge in [0, 0.05) is 23.1 Å². The van der Waals surface area contributed by atoms with Gasteiger partial charge >= 0.3 is 0 Å². The summed E-state index contributed by atoms with van der Waals surface area (Å²) in [4.78, 5) is 17.1. The number of nitrogens with one attached hydrogen (secondary N) is 2.